The Morgan fingerprint density at radius 2 is 1.86 bits per heavy atom. The molecule has 2 aromatic rings. The number of allylic oxidation sites excluding steroid dienone is 1. The number of aryl methyl sites for hydroxylation is 1. The third kappa shape index (κ3) is 5.12. The first-order chi connectivity index (χ1) is 13.5. The summed E-state index contributed by atoms with van der Waals surface area (Å²) in [6.07, 6.45) is 6.39. The first-order valence-electron chi connectivity index (χ1n) is 9.81. The van der Waals surface area contributed by atoms with E-state index in [1.54, 1.807) is 18.3 Å². The molecular formula is C22H30N6. The second-order valence-corrected chi connectivity index (χ2v) is 7.28. The van der Waals surface area contributed by atoms with Gasteiger partial charge in [0.15, 0.2) is 0 Å². The molecule has 6 heteroatoms. The van der Waals surface area contributed by atoms with Gasteiger partial charge in [0.1, 0.15) is 0 Å². The van der Waals surface area contributed by atoms with Crippen molar-refractivity contribution >= 4 is 17.1 Å². The summed E-state index contributed by atoms with van der Waals surface area (Å²) in [5, 5.41) is 9.75. The second-order valence-electron chi connectivity index (χ2n) is 7.28. The zero-order valence-corrected chi connectivity index (χ0v) is 16.3. The molecule has 0 atom stereocenters. The molecule has 0 amide bonds. The van der Waals surface area contributed by atoms with Crippen LogP contribution in [0.25, 0.3) is 0 Å². The van der Waals surface area contributed by atoms with E-state index in [4.69, 9.17) is 22.7 Å². The fourth-order valence-corrected chi connectivity index (χ4v) is 3.55. The van der Waals surface area contributed by atoms with Crippen LogP contribution >= 0.6 is 0 Å². The van der Waals surface area contributed by atoms with Crippen molar-refractivity contribution < 1.29 is 0 Å². The largest absolute Gasteiger partial charge is 0.398 e. The SMILES string of the molecule is N=C(/C(N)=C/N(N)c1cccc(CCCN2CCCC2)c1)c1ccccc1N. The van der Waals surface area contributed by atoms with E-state index in [2.05, 4.69) is 17.0 Å². The highest BCUT2D eigenvalue weighted by atomic mass is 15.4. The molecule has 1 saturated heterocycles. The summed E-state index contributed by atoms with van der Waals surface area (Å²) in [7, 11) is 0. The van der Waals surface area contributed by atoms with Gasteiger partial charge in [-0.05, 0) is 69.1 Å². The van der Waals surface area contributed by atoms with Gasteiger partial charge in [-0.3, -0.25) is 10.4 Å². The van der Waals surface area contributed by atoms with Crippen LogP contribution in [0, 0.1) is 5.41 Å². The Kier molecular flexibility index (Phi) is 6.68. The molecule has 0 aliphatic carbocycles. The van der Waals surface area contributed by atoms with Crippen molar-refractivity contribution in [2.75, 3.05) is 30.4 Å². The molecule has 0 bridgehead atoms. The van der Waals surface area contributed by atoms with Gasteiger partial charge in [0, 0.05) is 17.5 Å². The number of hydrazine groups is 1. The number of nitrogens with zero attached hydrogens (tertiary/aromatic N) is 2. The van der Waals surface area contributed by atoms with Crippen LogP contribution in [0.4, 0.5) is 11.4 Å². The van der Waals surface area contributed by atoms with Gasteiger partial charge in [-0.1, -0.05) is 30.3 Å². The normalized spacial score (nSPS) is 15.0. The predicted molar refractivity (Wildman–Crippen MR) is 117 cm³/mol. The van der Waals surface area contributed by atoms with E-state index in [1.165, 1.54) is 36.5 Å². The quantitative estimate of drug-likeness (QED) is 0.244. The van der Waals surface area contributed by atoms with Crippen molar-refractivity contribution in [3.8, 4) is 0 Å². The zero-order valence-electron chi connectivity index (χ0n) is 16.3. The van der Waals surface area contributed by atoms with Crippen molar-refractivity contribution in [3.63, 3.8) is 0 Å². The Balaban J connectivity index is 1.63. The number of anilines is 2. The van der Waals surface area contributed by atoms with Crippen LogP contribution in [0.3, 0.4) is 0 Å². The summed E-state index contributed by atoms with van der Waals surface area (Å²) in [5.41, 5.74) is 15.7. The lowest BCUT2D eigenvalue weighted by Crippen LogP contribution is -2.28. The van der Waals surface area contributed by atoms with Crippen LogP contribution in [0.15, 0.2) is 60.4 Å². The van der Waals surface area contributed by atoms with Crippen molar-refractivity contribution in [1.29, 1.82) is 5.41 Å². The summed E-state index contributed by atoms with van der Waals surface area (Å²) in [5.74, 6) is 6.19. The van der Waals surface area contributed by atoms with Crippen molar-refractivity contribution in [3.05, 3.63) is 71.6 Å². The Hall–Kier alpha value is -2.83. The van der Waals surface area contributed by atoms with E-state index in [0.717, 1.165) is 25.1 Å². The maximum absolute atomic E-state index is 8.29. The van der Waals surface area contributed by atoms with E-state index < -0.39 is 0 Å². The number of hydrogen-bond acceptors (Lipinski definition) is 6. The van der Waals surface area contributed by atoms with Gasteiger partial charge in [-0.15, -0.1) is 0 Å². The Bertz CT molecular complexity index is 838. The first kappa shape index (κ1) is 19.9. The molecular weight excluding hydrogens is 348 g/mol. The van der Waals surface area contributed by atoms with Crippen LogP contribution in [0.5, 0.6) is 0 Å². The summed E-state index contributed by atoms with van der Waals surface area (Å²) >= 11 is 0. The third-order valence-corrected chi connectivity index (χ3v) is 5.14. The monoisotopic (exact) mass is 378 g/mol. The van der Waals surface area contributed by atoms with Crippen LogP contribution in [-0.4, -0.2) is 30.2 Å². The predicted octanol–water partition coefficient (Wildman–Crippen LogP) is 2.85. The molecule has 1 aliphatic rings. The average Bonchev–Trinajstić information content (AvgIpc) is 3.21. The fourth-order valence-electron chi connectivity index (χ4n) is 3.55. The van der Waals surface area contributed by atoms with Gasteiger partial charge in [-0.25, -0.2) is 5.84 Å². The maximum Gasteiger partial charge on any atom is 0.0877 e. The first-order valence-corrected chi connectivity index (χ1v) is 9.81. The highest BCUT2D eigenvalue weighted by molar-refractivity contribution is 6.13. The minimum Gasteiger partial charge on any atom is -0.398 e. The average molecular weight is 379 g/mol. The number of nitrogens with one attached hydrogen (secondary N) is 1. The molecule has 148 valence electrons. The summed E-state index contributed by atoms with van der Waals surface area (Å²) in [6.45, 7) is 3.62. The van der Waals surface area contributed by atoms with E-state index in [1.807, 2.05) is 24.3 Å². The van der Waals surface area contributed by atoms with E-state index >= 15 is 0 Å². The number of nitrogen functional groups attached to an aromatic ring is 1. The lowest BCUT2D eigenvalue weighted by atomic mass is 10.1. The number of benzene rings is 2. The Morgan fingerprint density at radius 3 is 2.61 bits per heavy atom. The van der Waals surface area contributed by atoms with Crippen molar-refractivity contribution in [2.45, 2.75) is 25.7 Å². The highest BCUT2D eigenvalue weighted by Gasteiger charge is 2.11. The molecule has 0 radical (unpaired) electrons. The minimum atomic E-state index is 0.162. The van der Waals surface area contributed by atoms with E-state index in [0.29, 0.717) is 11.3 Å². The molecule has 1 heterocycles. The third-order valence-electron chi connectivity index (χ3n) is 5.14. The molecule has 28 heavy (non-hydrogen) atoms. The van der Waals surface area contributed by atoms with Gasteiger partial charge in [0.2, 0.25) is 0 Å². The fraction of sp³-hybridized carbons (Fsp3) is 0.318. The zero-order chi connectivity index (χ0) is 19.9. The molecule has 6 nitrogen and oxygen atoms in total. The van der Waals surface area contributed by atoms with E-state index in [-0.39, 0.29) is 11.4 Å². The van der Waals surface area contributed by atoms with Crippen LogP contribution in [0.1, 0.15) is 30.4 Å². The van der Waals surface area contributed by atoms with Crippen molar-refractivity contribution in [1.82, 2.24) is 4.90 Å². The van der Waals surface area contributed by atoms with Gasteiger partial charge in [0.05, 0.1) is 17.1 Å². The molecule has 0 aromatic heterocycles. The van der Waals surface area contributed by atoms with E-state index in [9.17, 15) is 0 Å². The molecule has 2 aromatic carbocycles. The number of rotatable bonds is 8. The molecule has 0 unspecified atom stereocenters. The summed E-state index contributed by atoms with van der Waals surface area (Å²) in [4.78, 5) is 2.53. The maximum atomic E-state index is 8.29. The van der Waals surface area contributed by atoms with Crippen molar-refractivity contribution in [2.24, 2.45) is 11.6 Å². The van der Waals surface area contributed by atoms with Gasteiger partial charge in [-0.2, -0.15) is 0 Å². The standard InChI is InChI=1S/C22H30N6/c23-20-11-2-1-10-19(20)22(25)21(24)16-28(26)18-9-5-7-17(15-18)8-6-14-27-12-3-4-13-27/h1-2,5,7,9-11,15-16,25H,3-4,6,8,12-14,23-24,26H2/b21-16-,25-22?. The number of hydrogen-bond donors (Lipinski definition) is 4. The topological polar surface area (TPSA) is 108 Å². The smallest absolute Gasteiger partial charge is 0.0877 e. The number of para-hydroxylation sites is 1. The molecule has 0 spiro atoms. The van der Waals surface area contributed by atoms with Crippen LogP contribution in [0.2, 0.25) is 0 Å². The minimum absolute atomic E-state index is 0.162. The number of likely N-dealkylation sites (tertiary alicyclic amines) is 1. The summed E-state index contributed by atoms with van der Waals surface area (Å²) in [6, 6.07) is 15.3. The molecule has 0 saturated carbocycles. The van der Waals surface area contributed by atoms with Crippen LogP contribution in [-0.2, 0) is 6.42 Å². The molecule has 1 fully saturated rings. The lowest BCUT2D eigenvalue weighted by Gasteiger charge is -2.17. The van der Waals surface area contributed by atoms with Crippen LogP contribution < -0.4 is 22.3 Å². The molecule has 7 N–H and O–H groups in total. The second kappa shape index (κ2) is 9.39. The Labute approximate surface area is 167 Å². The highest BCUT2D eigenvalue weighted by Crippen LogP contribution is 2.18. The lowest BCUT2D eigenvalue weighted by molar-refractivity contribution is 0.334. The number of nitrogens with two attached hydrogens (primary N) is 3. The van der Waals surface area contributed by atoms with Gasteiger partial charge in [0.25, 0.3) is 0 Å². The molecule has 1 aliphatic heterocycles. The Morgan fingerprint density at radius 1 is 1.11 bits per heavy atom. The van der Waals surface area contributed by atoms with Gasteiger partial charge >= 0.3 is 0 Å². The summed E-state index contributed by atoms with van der Waals surface area (Å²) < 4.78 is 0. The molecule has 3 rings (SSSR count). The van der Waals surface area contributed by atoms with Gasteiger partial charge < -0.3 is 16.4 Å².